The second-order valence-corrected chi connectivity index (χ2v) is 6.46. The molecule has 2 unspecified atom stereocenters. The van der Waals surface area contributed by atoms with Gasteiger partial charge in [0.15, 0.2) is 0 Å². The molecule has 1 aliphatic carbocycles. The molecule has 0 aromatic carbocycles. The van der Waals surface area contributed by atoms with E-state index in [-0.39, 0.29) is 24.5 Å². The van der Waals surface area contributed by atoms with E-state index >= 15 is 0 Å². The monoisotopic (exact) mass is 296 g/mol. The first-order valence-electron chi connectivity index (χ1n) is 8.13. The fourth-order valence-corrected chi connectivity index (χ4v) is 3.32. The first kappa shape index (κ1) is 16.2. The third-order valence-corrected chi connectivity index (χ3v) is 4.73. The number of nitrogens with one attached hydrogen (secondary N) is 2. The van der Waals surface area contributed by atoms with Crippen molar-refractivity contribution in [2.24, 2.45) is 11.7 Å². The summed E-state index contributed by atoms with van der Waals surface area (Å²) in [6.07, 6.45) is 6.53. The number of amides is 3. The highest BCUT2D eigenvalue weighted by Crippen LogP contribution is 2.20. The number of hydrogen-bond acceptors (Lipinski definition) is 4. The molecule has 6 nitrogen and oxygen atoms in total. The van der Waals surface area contributed by atoms with Crippen LogP contribution in [0.25, 0.3) is 0 Å². The number of rotatable bonds is 4. The Balaban J connectivity index is 1.73. The lowest BCUT2D eigenvalue weighted by Crippen LogP contribution is -2.51. The third kappa shape index (κ3) is 4.97. The van der Waals surface area contributed by atoms with Crippen LogP contribution in [0, 0.1) is 5.92 Å². The van der Waals surface area contributed by atoms with Gasteiger partial charge in [0.05, 0.1) is 6.54 Å². The SMILES string of the molecule is CC1CCC(CN)CN1CC(=O)NC(=O)NC1CCCC1. The molecule has 0 spiro atoms. The maximum atomic E-state index is 12.0. The van der Waals surface area contributed by atoms with Gasteiger partial charge in [-0.15, -0.1) is 0 Å². The van der Waals surface area contributed by atoms with E-state index in [9.17, 15) is 9.59 Å². The third-order valence-electron chi connectivity index (χ3n) is 4.73. The van der Waals surface area contributed by atoms with Crippen LogP contribution in [0.4, 0.5) is 4.79 Å². The zero-order valence-corrected chi connectivity index (χ0v) is 12.9. The van der Waals surface area contributed by atoms with Crippen molar-refractivity contribution in [3.63, 3.8) is 0 Å². The van der Waals surface area contributed by atoms with Gasteiger partial charge in [-0.2, -0.15) is 0 Å². The lowest BCUT2D eigenvalue weighted by atomic mass is 9.93. The molecule has 0 aromatic rings. The van der Waals surface area contributed by atoms with Crippen molar-refractivity contribution in [2.75, 3.05) is 19.6 Å². The summed E-state index contributed by atoms with van der Waals surface area (Å²) in [4.78, 5) is 25.9. The first-order chi connectivity index (χ1) is 10.1. The quantitative estimate of drug-likeness (QED) is 0.716. The smallest absolute Gasteiger partial charge is 0.321 e. The van der Waals surface area contributed by atoms with Crippen LogP contribution < -0.4 is 16.4 Å². The molecule has 1 heterocycles. The van der Waals surface area contributed by atoms with Crippen LogP contribution in [0.1, 0.15) is 45.4 Å². The average molecular weight is 296 g/mol. The van der Waals surface area contributed by atoms with Crippen molar-refractivity contribution >= 4 is 11.9 Å². The molecule has 1 aliphatic heterocycles. The lowest BCUT2D eigenvalue weighted by molar-refractivity contribution is -0.122. The molecule has 0 aromatic heterocycles. The Kier molecular flexibility index (Phi) is 5.99. The van der Waals surface area contributed by atoms with Gasteiger partial charge >= 0.3 is 6.03 Å². The predicted octanol–water partition coefficient (Wildman–Crippen LogP) is 0.814. The van der Waals surface area contributed by atoms with E-state index in [1.807, 2.05) is 0 Å². The Morgan fingerprint density at radius 1 is 1.19 bits per heavy atom. The molecule has 4 N–H and O–H groups in total. The summed E-state index contributed by atoms with van der Waals surface area (Å²) in [5.41, 5.74) is 5.72. The average Bonchev–Trinajstić information content (AvgIpc) is 2.93. The number of likely N-dealkylation sites (tertiary alicyclic amines) is 1. The van der Waals surface area contributed by atoms with Crippen molar-refractivity contribution in [1.29, 1.82) is 0 Å². The van der Waals surface area contributed by atoms with E-state index in [0.29, 0.717) is 18.5 Å². The van der Waals surface area contributed by atoms with Gasteiger partial charge in [-0.05, 0) is 45.1 Å². The summed E-state index contributed by atoms with van der Waals surface area (Å²) in [5, 5.41) is 5.31. The second-order valence-electron chi connectivity index (χ2n) is 6.46. The number of nitrogens with two attached hydrogens (primary N) is 1. The van der Waals surface area contributed by atoms with E-state index in [1.165, 1.54) is 0 Å². The fourth-order valence-electron chi connectivity index (χ4n) is 3.32. The van der Waals surface area contributed by atoms with E-state index in [1.54, 1.807) is 0 Å². The van der Waals surface area contributed by atoms with Crippen molar-refractivity contribution < 1.29 is 9.59 Å². The van der Waals surface area contributed by atoms with Crippen LogP contribution in [-0.4, -0.2) is 48.6 Å². The van der Waals surface area contributed by atoms with Crippen LogP contribution in [0.3, 0.4) is 0 Å². The number of carbonyl (C=O) groups excluding carboxylic acids is 2. The molecule has 120 valence electrons. The van der Waals surface area contributed by atoms with Crippen molar-refractivity contribution in [3.05, 3.63) is 0 Å². The molecular formula is C15H28N4O2. The minimum absolute atomic E-state index is 0.227. The summed E-state index contributed by atoms with van der Waals surface area (Å²) in [6, 6.07) is 0.247. The van der Waals surface area contributed by atoms with Crippen molar-refractivity contribution in [2.45, 2.75) is 57.5 Å². The molecule has 3 amide bonds. The highest BCUT2D eigenvalue weighted by Gasteiger charge is 2.26. The summed E-state index contributed by atoms with van der Waals surface area (Å²) >= 11 is 0. The van der Waals surface area contributed by atoms with Gasteiger partial charge in [0.25, 0.3) is 0 Å². The van der Waals surface area contributed by atoms with E-state index in [0.717, 1.165) is 45.1 Å². The Bertz CT molecular complexity index is 369. The summed E-state index contributed by atoms with van der Waals surface area (Å²) in [6.45, 7) is 3.90. The van der Waals surface area contributed by atoms with Gasteiger partial charge in [0.1, 0.15) is 0 Å². The molecule has 2 aliphatic rings. The van der Waals surface area contributed by atoms with E-state index in [4.69, 9.17) is 5.73 Å². The van der Waals surface area contributed by atoms with Crippen LogP contribution in [0.5, 0.6) is 0 Å². The van der Waals surface area contributed by atoms with Crippen molar-refractivity contribution in [3.8, 4) is 0 Å². The van der Waals surface area contributed by atoms with Gasteiger partial charge in [0.2, 0.25) is 5.91 Å². The van der Waals surface area contributed by atoms with E-state index < -0.39 is 0 Å². The molecule has 2 rings (SSSR count). The molecule has 6 heteroatoms. The van der Waals surface area contributed by atoms with Gasteiger partial charge < -0.3 is 11.1 Å². The molecule has 0 radical (unpaired) electrons. The van der Waals surface area contributed by atoms with Crippen LogP contribution in [-0.2, 0) is 4.79 Å². The number of carbonyl (C=O) groups is 2. The Morgan fingerprint density at radius 2 is 1.90 bits per heavy atom. The summed E-state index contributed by atoms with van der Waals surface area (Å²) in [7, 11) is 0. The zero-order chi connectivity index (χ0) is 15.2. The normalized spacial score (nSPS) is 27.5. The standard InChI is InChI=1S/C15H28N4O2/c1-11-6-7-12(8-16)9-19(11)10-14(20)18-15(21)17-13-4-2-3-5-13/h11-13H,2-10,16H2,1H3,(H2,17,18,20,21). The fraction of sp³-hybridized carbons (Fsp3) is 0.867. The van der Waals surface area contributed by atoms with Gasteiger partial charge in [-0.1, -0.05) is 12.8 Å². The minimum Gasteiger partial charge on any atom is -0.335 e. The highest BCUT2D eigenvalue weighted by atomic mass is 16.2. The maximum Gasteiger partial charge on any atom is 0.321 e. The van der Waals surface area contributed by atoms with Gasteiger partial charge in [-0.25, -0.2) is 4.79 Å². The molecule has 1 saturated heterocycles. The second kappa shape index (κ2) is 7.75. The maximum absolute atomic E-state index is 12.0. The topological polar surface area (TPSA) is 87.5 Å². The number of imide groups is 1. The molecule has 1 saturated carbocycles. The Labute approximate surface area is 126 Å². The predicted molar refractivity (Wildman–Crippen MR) is 81.7 cm³/mol. The summed E-state index contributed by atoms with van der Waals surface area (Å²) < 4.78 is 0. The van der Waals surface area contributed by atoms with Crippen molar-refractivity contribution in [1.82, 2.24) is 15.5 Å². The molecule has 21 heavy (non-hydrogen) atoms. The molecule has 0 bridgehead atoms. The van der Waals surface area contributed by atoms with E-state index in [2.05, 4.69) is 22.5 Å². The van der Waals surface area contributed by atoms with Gasteiger partial charge in [-0.3, -0.25) is 15.0 Å². The summed E-state index contributed by atoms with van der Waals surface area (Å²) in [5.74, 6) is 0.233. The first-order valence-corrected chi connectivity index (χ1v) is 8.13. The number of urea groups is 1. The number of hydrogen-bond donors (Lipinski definition) is 3. The van der Waals surface area contributed by atoms with Gasteiger partial charge in [0, 0.05) is 18.6 Å². The Hall–Kier alpha value is -1.14. The minimum atomic E-state index is -0.355. The highest BCUT2D eigenvalue weighted by molar-refractivity contribution is 5.95. The number of nitrogens with zero attached hydrogens (tertiary/aromatic N) is 1. The lowest BCUT2D eigenvalue weighted by Gasteiger charge is -2.37. The molecule has 2 fully saturated rings. The van der Waals surface area contributed by atoms with Crippen LogP contribution >= 0.6 is 0 Å². The number of piperidine rings is 1. The zero-order valence-electron chi connectivity index (χ0n) is 12.9. The Morgan fingerprint density at radius 3 is 2.57 bits per heavy atom. The van der Waals surface area contributed by atoms with Crippen LogP contribution in [0.2, 0.25) is 0 Å². The largest absolute Gasteiger partial charge is 0.335 e. The molecule has 2 atom stereocenters. The molecular weight excluding hydrogens is 268 g/mol. The van der Waals surface area contributed by atoms with Crippen LogP contribution in [0.15, 0.2) is 0 Å².